The van der Waals surface area contributed by atoms with Gasteiger partial charge in [-0.25, -0.2) is 0 Å². The van der Waals surface area contributed by atoms with Gasteiger partial charge in [-0.2, -0.15) is 0 Å². The van der Waals surface area contributed by atoms with E-state index in [1.54, 1.807) is 11.8 Å². The third-order valence-corrected chi connectivity index (χ3v) is 6.81. The van der Waals surface area contributed by atoms with Crippen LogP contribution < -0.4 is 4.74 Å². The van der Waals surface area contributed by atoms with Crippen molar-refractivity contribution in [3.63, 3.8) is 0 Å². The van der Waals surface area contributed by atoms with Crippen LogP contribution in [-0.4, -0.2) is 63.8 Å². The highest BCUT2D eigenvalue weighted by molar-refractivity contribution is 7.99. The lowest BCUT2D eigenvalue weighted by atomic mass is 9.87. The van der Waals surface area contributed by atoms with Gasteiger partial charge in [0.25, 0.3) is 0 Å². The van der Waals surface area contributed by atoms with E-state index in [-0.39, 0.29) is 5.92 Å². The van der Waals surface area contributed by atoms with Gasteiger partial charge in [0.2, 0.25) is 0 Å². The van der Waals surface area contributed by atoms with Crippen LogP contribution in [0.25, 0.3) is 0 Å². The first kappa shape index (κ1) is 20.7. The molecule has 2 aromatic carbocycles. The van der Waals surface area contributed by atoms with Crippen LogP contribution in [0.3, 0.4) is 0 Å². The summed E-state index contributed by atoms with van der Waals surface area (Å²) in [6, 6.07) is 14.0. The second-order valence-corrected chi connectivity index (χ2v) is 8.47. The zero-order valence-corrected chi connectivity index (χ0v) is 17.0. The summed E-state index contributed by atoms with van der Waals surface area (Å²) in [7, 11) is 0. The first-order valence-electron chi connectivity index (χ1n) is 9.83. The maximum atomic E-state index is 10.5. The third-order valence-electron chi connectivity index (χ3n) is 5.63. The van der Waals surface area contributed by atoms with Gasteiger partial charge >= 0.3 is 0 Å². The lowest BCUT2D eigenvalue weighted by molar-refractivity contribution is -0.231. The lowest BCUT2D eigenvalue weighted by Crippen LogP contribution is -2.55. The molecule has 29 heavy (non-hydrogen) atoms. The van der Waals surface area contributed by atoms with Crippen molar-refractivity contribution in [1.82, 2.24) is 0 Å². The van der Waals surface area contributed by atoms with E-state index >= 15 is 0 Å². The summed E-state index contributed by atoms with van der Waals surface area (Å²) in [5.74, 6) is 1.97. The highest BCUT2D eigenvalue weighted by Gasteiger charge is 2.44. The van der Waals surface area contributed by atoms with Crippen LogP contribution in [0.2, 0.25) is 0 Å². The molecule has 6 unspecified atom stereocenters. The Morgan fingerprint density at radius 3 is 2.41 bits per heavy atom. The molecule has 2 aliphatic heterocycles. The number of aliphatic hydroxyl groups excluding tert-OH is 4. The van der Waals surface area contributed by atoms with Gasteiger partial charge in [0.1, 0.15) is 36.3 Å². The number of hydrogen-bond acceptors (Lipinski definition) is 7. The van der Waals surface area contributed by atoms with Crippen molar-refractivity contribution in [2.24, 2.45) is 0 Å². The molecule has 2 aromatic rings. The van der Waals surface area contributed by atoms with Crippen LogP contribution in [-0.2, 0) is 4.74 Å². The first-order chi connectivity index (χ1) is 14.0. The summed E-state index contributed by atoms with van der Waals surface area (Å²) in [5.41, 5.74) is 3.05. The van der Waals surface area contributed by atoms with E-state index in [1.807, 2.05) is 37.3 Å². The minimum atomic E-state index is -1.38. The van der Waals surface area contributed by atoms with Crippen molar-refractivity contribution in [2.45, 2.75) is 48.3 Å². The molecular weight excluding hydrogens is 392 g/mol. The first-order valence-corrected chi connectivity index (χ1v) is 10.8. The molecule has 0 saturated carbocycles. The van der Waals surface area contributed by atoms with Crippen LogP contribution in [0, 0.1) is 0 Å². The normalized spacial score (nSPS) is 31.5. The highest BCUT2D eigenvalue weighted by atomic mass is 32.2. The topological polar surface area (TPSA) is 99.4 Å². The second-order valence-electron chi connectivity index (χ2n) is 7.41. The van der Waals surface area contributed by atoms with Gasteiger partial charge in [-0.1, -0.05) is 24.3 Å². The third kappa shape index (κ3) is 3.91. The van der Waals surface area contributed by atoms with E-state index in [0.717, 1.165) is 22.6 Å². The number of fused-ring (bicyclic) bond motifs is 1. The van der Waals surface area contributed by atoms with Crippen LogP contribution in [0.5, 0.6) is 5.75 Å². The smallest absolute Gasteiger partial charge is 0.119 e. The zero-order chi connectivity index (χ0) is 20.5. The standard InChI is InChI=1S/C22H26O6S/c1-2-27-14-6-3-12(4-7-14)16-11-29-18-8-5-13(9-15(16)18)22-21(26)20(25)19(24)17(10-23)28-22/h3-9,16-17,19-26H,2,10-11H2,1H3. The Balaban J connectivity index is 1.62. The Morgan fingerprint density at radius 2 is 1.72 bits per heavy atom. The van der Waals surface area contributed by atoms with E-state index in [1.165, 1.54) is 10.5 Å². The fourth-order valence-electron chi connectivity index (χ4n) is 4.03. The molecule has 0 spiro atoms. The Labute approximate surface area is 174 Å². The van der Waals surface area contributed by atoms with Crippen molar-refractivity contribution in [3.8, 4) is 5.75 Å². The number of hydrogen-bond donors (Lipinski definition) is 4. The second kappa shape index (κ2) is 8.63. The van der Waals surface area contributed by atoms with Crippen molar-refractivity contribution < 1.29 is 29.9 Å². The van der Waals surface area contributed by atoms with Gasteiger partial charge in [-0.3, -0.25) is 0 Å². The summed E-state index contributed by atoms with van der Waals surface area (Å²) in [5, 5.41) is 40.0. The molecule has 156 valence electrons. The summed E-state index contributed by atoms with van der Waals surface area (Å²) < 4.78 is 11.3. The molecule has 4 rings (SSSR count). The number of ether oxygens (including phenoxy) is 2. The van der Waals surface area contributed by atoms with Gasteiger partial charge in [0.05, 0.1) is 13.2 Å². The Morgan fingerprint density at radius 1 is 1.00 bits per heavy atom. The predicted octanol–water partition coefficient (Wildman–Crippen LogP) is 1.84. The quantitative estimate of drug-likeness (QED) is 0.588. The van der Waals surface area contributed by atoms with Crippen LogP contribution in [0.15, 0.2) is 47.4 Å². The molecule has 0 aromatic heterocycles. The molecule has 6 nitrogen and oxygen atoms in total. The Hall–Kier alpha value is -1.61. The average molecular weight is 419 g/mol. The Kier molecular flexibility index (Phi) is 6.15. The largest absolute Gasteiger partial charge is 0.494 e. The molecular formula is C22H26O6S. The number of thioether (sulfide) groups is 1. The summed E-state index contributed by atoms with van der Waals surface area (Å²) >= 11 is 1.78. The van der Waals surface area contributed by atoms with Gasteiger partial charge in [0, 0.05) is 16.6 Å². The van der Waals surface area contributed by atoms with E-state index in [0.29, 0.717) is 6.61 Å². The lowest BCUT2D eigenvalue weighted by Gasteiger charge is -2.40. The van der Waals surface area contributed by atoms with E-state index in [9.17, 15) is 20.4 Å². The number of rotatable bonds is 5. The average Bonchev–Trinajstić information content (AvgIpc) is 3.16. The van der Waals surface area contributed by atoms with Gasteiger partial charge in [-0.15, -0.1) is 11.8 Å². The minimum absolute atomic E-state index is 0.204. The van der Waals surface area contributed by atoms with Crippen molar-refractivity contribution >= 4 is 11.8 Å². The van der Waals surface area contributed by atoms with Crippen LogP contribution >= 0.6 is 11.8 Å². The molecule has 0 amide bonds. The van der Waals surface area contributed by atoms with Crippen LogP contribution in [0.4, 0.5) is 0 Å². The van der Waals surface area contributed by atoms with E-state index in [2.05, 4.69) is 12.1 Å². The molecule has 6 atom stereocenters. The Bertz CT molecular complexity index is 840. The maximum Gasteiger partial charge on any atom is 0.119 e. The molecule has 2 aliphatic rings. The van der Waals surface area contributed by atoms with E-state index in [4.69, 9.17) is 9.47 Å². The minimum Gasteiger partial charge on any atom is -0.494 e. The monoisotopic (exact) mass is 418 g/mol. The van der Waals surface area contributed by atoms with Crippen molar-refractivity contribution in [2.75, 3.05) is 19.0 Å². The molecule has 4 N–H and O–H groups in total. The summed E-state index contributed by atoms with van der Waals surface area (Å²) in [4.78, 5) is 1.18. The van der Waals surface area contributed by atoms with Gasteiger partial charge in [-0.05, 0) is 41.8 Å². The molecule has 1 saturated heterocycles. The van der Waals surface area contributed by atoms with Gasteiger partial charge < -0.3 is 29.9 Å². The van der Waals surface area contributed by atoms with Crippen LogP contribution in [0.1, 0.15) is 35.6 Å². The molecule has 0 aliphatic carbocycles. The van der Waals surface area contributed by atoms with E-state index < -0.39 is 37.1 Å². The molecule has 7 heteroatoms. The highest BCUT2D eigenvalue weighted by Crippen LogP contribution is 2.45. The van der Waals surface area contributed by atoms with Crippen molar-refractivity contribution in [1.29, 1.82) is 0 Å². The zero-order valence-electron chi connectivity index (χ0n) is 16.1. The number of aliphatic hydroxyl groups is 4. The van der Waals surface area contributed by atoms with Crippen molar-refractivity contribution in [3.05, 3.63) is 59.2 Å². The fraction of sp³-hybridized carbons (Fsp3) is 0.455. The maximum absolute atomic E-state index is 10.5. The molecule has 2 heterocycles. The predicted molar refractivity (Wildman–Crippen MR) is 109 cm³/mol. The molecule has 0 bridgehead atoms. The summed E-state index contributed by atoms with van der Waals surface area (Å²) in [6.07, 6.45) is -5.74. The summed E-state index contributed by atoms with van der Waals surface area (Å²) in [6.45, 7) is 2.15. The SMILES string of the molecule is CCOc1ccc(C2CSc3ccc(C4OC(CO)C(O)C(O)C4O)cc32)cc1. The van der Waals surface area contributed by atoms with Gasteiger partial charge in [0.15, 0.2) is 0 Å². The molecule has 0 radical (unpaired) electrons. The fourth-order valence-corrected chi connectivity index (χ4v) is 5.28. The molecule has 1 fully saturated rings. The number of benzene rings is 2.